The number of methoxy groups -OCH3 is 1. The van der Waals surface area contributed by atoms with E-state index in [0.717, 1.165) is 42.2 Å². The van der Waals surface area contributed by atoms with Crippen molar-refractivity contribution >= 4 is 23.3 Å². The standard InChI is InChI=1S/C22H26N4O3/c1-29-20-8-3-2-7-19(20)25-11-13-26(14-12-25)22(28)23-17-6-4-5-16(15-17)18-9-10-21(27)24-18/h2-8,15,18H,9-14H2,1H3,(H,23,28)(H,24,27). The van der Waals surface area contributed by atoms with Gasteiger partial charge in [-0.25, -0.2) is 4.79 Å². The highest BCUT2D eigenvalue weighted by Crippen LogP contribution is 2.29. The van der Waals surface area contributed by atoms with E-state index in [-0.39, 0.29) is 18.0 Å². The second-order valence-electron chi connectivity index (χ2n) is 7.36. The molecule has 2 fully saturated rings. The maximum absolute atomic E-state index is 12.7. The van der Waals surface area contributed by atoms with Gasteiger partial charge in [-0.1, -0.05) is 24.3 Å². The molecule has 0 aliphatic carbocycles. The number of carbonyl (C=O) groups excluding carboxylic acids is 2. The Morgan fingerprint density at radius 1 is 1.10 bits per heavy atom. The van der Waals surface area contributed by atoms with Crippen LogP contribution in [0.25, 0.3) is 0 Å². The third kappa shape index (κ3) is 4.29. The zero-order valence-electron chi connectivity index (χ0n) is 16.6. The van der Waals surface area contributed by atoms with Crippen molar-refractivity contribution in [3.8, 4) is 5.75 Å². The first kappa shape index (κ1) is 19.1. The SMILES string of the molecule is COc1ccccc1N1CCN(C(=O)Nc2cccc(C3CCC(=O)N3)c2)CC1. The second-order valence-corrected chi connectivity index (χ2v) is 7.36. The predicted octanol–water partition coefficient (Wildman–Crippen LogP) is 3.00. The summed E-state index contributed by atoms with van der Waals surface area (Å²) in [5.74, 6) is 0.929. The zero-order valence-corrected chi connectivity index (χ0v) is 16.6. The number of piperazine rings is 1. The summed E-state index contributed by atoms with van der Waals surface area (Å²) < 4.78 is 5.45. The maximum atomic E-state index is 12.7. The number of rotatable bonds is 4. The second kappa shape index (κ2) is 8.43. The summed E-state index contributed by atoms with van der Waals surface area (Å²) in [6.07, 6.45) is 1.35. The Bertz CT molecular complexity index is 893. The summed E-state index contributed by atoms with van der Waals surface area (Å²) in [7, 11) is 1.67. The van der Waals surface area contributed by atoms with Gasteiger partial charge in [-0.2, -0.15) is 0 Å². The topological polar surface area (TPSA) is 73.9 Å². The van der Waals surface area contributed by atoms with Gasteiger partial charge in [-0.05, 0) is 36.2 Å². The van der Waals surface area contributed by atoms with Gasteiger partial charge in [-0.3, -0.25) is 4.79 Å². The summed E-state index contributed by atoms with van der Waals surface area (Å²) >= 11 is 0. The third-order valence-electron chi connectivity index (χ3n) is 5.53. The van der Waals surface area contributed by atoms with Crippen LogP contribution in [-0.2, 0) is 4.79 Å². The number of ether oxygens (including phenoxy) is 1. The normalized spacial score (nSPS) is 19.1. The highest BCUT2D eigenvalue weighted by molar-refractivity contribution is 5.89. The van der Waals surface area contributed by atoms with E-state index in [4.69, 9.17) is 4.74 Å². The summed E-state index contributed by atoms with van der Waals surface area (Å²) in [5.41, 5.74) is 2.83. The first-order valence-corrected chi connectivity index (χ1v) is 9.97. The summed E-state index contributed by atoms with van der Waals surface area (Å²) in [6, 6.07) is 15.6. The number of amides is 3. The van der Waals surface area contributed by atoms with Crippen molar-refractivity contribution < 1.29 is 14.3 Å². The lowest BCUT2D eigenvalue weighted by Gasteiger charge is -2.36. The Hall–Kier alpha value is -3.22. The van der Waals surface area contributed by atoms with Crippen LogP contribution in [0, 0.1) is 0 Å². The van der Waals surface area contributed by atoms with E-state index in [1.807, 2.05) is 53.4 Å². The van der Waals surface area contributed by atoms with Gasteiger partial charge in [0.1, 0.15) is 5.75 Å². The summed E-state index contributed by atoms with van der Waals surface area (Å²) in [4.78, 5) is 28.3. The molecule has 4 rings (SSSR count). The van der Waals surface area contributed by atoms with Crippen LogP contribution >= 0.6 is 0 Å². The smallest absolute Gasteiger partial charge is 0.321 e. The van der Waals surface area contributed by atoms with E-state index in [1.54, 1.807) is 7.11 Å². The fraction of sp³-hybridized carbons (Fsp3) is 0.364. The van der Waals surface area contributed by atoms with Crippen molar-refractivity contribution in [2.24, 2.45) is 0 Å². The van der Waals surface area contributed by atoms with E-state index in [2.05, 4.69) is 15.5 Å². The fourth-order valence-corrected chi connectivity index (χ4v) is 3.94. The van der Waals surface area contributed by atoms with E-state index < -0.39 is 0 Å². The average molecular weight is 394 g/mol. The number of para-hydroxylation sites is 2. The van der Waals surface area contributed by atoms with E-state index in [9.17, 15) is 9.59 Å². The molecule has 2 aromatic carbocycles. The van der Waals surface area contributed by atoms with Crippen LogP contribution in [0.5, 0.6) is 5.75 Å². The van der Waals surface area contributed by atoms with Crippen LogP contribution in [0.1, 0.15) is 24.4 Å². The molecule has 2 N–H and O–H groups in total. The maximum Gasteiger partial charge on any atom is 0.321 e. The Morgan fingerprint density at radius 3 is 2.62 bits per heavy atom. The molecule has 152 valence electrons. The molecular weight excluding hydrogens is 368 g/mol. The molecule has 2 heterocycles. The first-order chi connectivity index (χ1) is 14.1. The van der Waals surface area contributed by atoms with Gasteiger partial charge in [0.15, 0.2) is 0 Å². The van der Waals surface area contributed by atoms with Crippen molar-refractivity contribution in [1.29, 1.82) is 0 Å². The molecule has 2 aliphatic rings. The molecule has 7 nitrogen and oxygen atoms in total. The van der Waals surface area contributed by atoms with Crippen LogP contribution in [-0.4, -0.2) is 50.1 Å². The molecule has 0 aromatic heterocycles. The minimum Gasteiger partial charge on any atom is -0.495 e. The highest BCUT2D eigenvalue weighted by Gasteiger charge is 2.24. The quantitative estimate of drug-likeness (QED) is 0.836. The lowest BCUT2D eigenvalue weighted by Crippen LogP contribution is -2.50. The van der Waals surface area contributed by atoms with Gasteiger partial charge < -0.3 is 25.2 Å². The molecule has 0 radical (unpaired) electrons. The monoisotopic (exact) mass is 394 g/mol. The number of hydrogen-bond donors (Lipinski definition) is 2. The lowest BCUT2D eigenvalue weighted by atomic mass is 10.0. The van der Waals surface area contributed by atoms with Gasteiger partial charge >= 0.3 is 6.03 Å². The van der Waals surface area contributed by atoms with Crippen molar-refractivity contribution in [3.05, 3.63) is 54.1 Å². The molecule has 0 saturated carbocycles. The molecule has 0 bridgehead atoms. The van der Waals surface area contributed by atoms with Crippen LogP contribution in [0.4, 0.5) is 16.2 Å². The van der Waals surface area contributed by atoms with Crippen molar-refractivity contribution in [2.75, 3.05) is 43.5 Å². The molecule has 29 heavy (non-hydrogen) atoms. The van der Waals surface area contributed by atoms with Crippen LogP contribution < -0.4 is 20.3 Å². The highest BCUT2D eigenvalue weighted by atomic mass is 16.5. The number of benzene rings is 2. The minimum atomic E-state index is -0.0997. The van der Waals surface area contributed by atoms with Gasteiger partial charge in [0.25, 0.3) is 0 Å². The molecular formula is C22H26N4O3. The Labute approximate surface area is 170 Å². The lowest BCUT2D eigenvalue weighted by molar-refractivity contribution is -0.119. The predicted molar refractivity (Wildman–Crippen MR) is 112 cm³/mol. The van der Waals surface area contributed by atoms with Crippen LogP contribution in [0.3, 0.4) is 0 Å². The van der Waals surface area contributed by atoms with Crippen LogP contribution in [0.2, 0.25) is 0 Å². The molecule has 2 saturated heterocycles. The van der Waals surface area contributed by atoms with E-state index >= 15 is 0 Å². The van der Waals surface area contributed by atoms with Crippen LogP contribution in [0.15, 0.2) is 48.5 Å². The largest absolute Gasteiger partial charge is 0.495 e. The number of anilines is 2. The molecule has 0 spiro atoms. The van der Waals surface area contributed by atoms with Crippen molar-refractivity contribution in [1.82, 2.24) is 10.2 Å². The van der Waals surface area contributed by atoms with Crippen molar-refractivity contribution in [2.45, 2.75) is 18.9 Å². The third-order valence-corrected chi connectivity index (χ3v) is 5.53. The van der Waals surface area contributed by atoms with Crippen molar-refractivity contribution in [3.63, 3.8) is 0 Å². The minimum absolute atomic E-state index is 0.0312. The fourth-order valence-electron chi connectivity index (χ4n) is 3.94. The first-order valence-electron chi connectivity index (χ1n) is 9.97. The summed E-state index contributed by atoms with van der Waals surface area (Å²) in [6.45, 7) is 2.79. The number of nitrogens with one attached hydrogen (secondary N) is 2. The molecule has 1 unspecified atom stereocenters. The van der Waals surface area contributed by atoms with E-state index in [0.29, 0.717) is 19.5 Å². The Kier molecular flexibility index (Phi) is 5.55. The molecule has 1 atom stereocenters. The molecule has 7 heteroatoms. The summed E-state index contributed by atoms with van der Waals surface area (Å²) in [5, 5.41) is 5.96. The van der Waals surface area contributed by atoms with Gasteiger partial charge in [0.05, 0.1) is 18.8 Å². The number of carbonyl (C=O) groups is 2. The van der Waals surface area contributed by atoms with Gasteiger partial charge in [-0.15, -0.1) is 0 Å². The zero-order chi connectivity index (χ0) is 20.2. The number of nitrogens with zero attached hydrogens (tertiary/aromatic N) is 2. The average Bonchev–Trinajstić information content (AvgIpc) is 3.20. The Morgan fingerprint density at radius 2 is 1.90 bits per heavy atom. The molecule has 2 aliphatic heterocycles. The molecule has 3 amide bonds. The number of hydrogen-bond acceptors (Lipinski definition) is 4. The Balaban J connectivity index is 1.35. The van der Waals surface area contributed by atoms with Gasteiger partial charge in [0.2, 0.25) is 5.91 Å². The van der Waals surface area contributed by atoms with Gasteiger partial charge in [0, 0.05) is 38.3 Å². The van der Waals surface area contributed by atoms with E-state index in [1.165, 1.54) is 0 Å². The molecule has 2 aromatic rings. The number of urea groups is 1.